The average molecular weight is 190 g/mol. The van der Waals surface area contributed by atoms with E-state index in [-0.39, 0.29) is 18.1 Å². The van der Waals surface area contributed by atoms with E-state index in [2.05, 4.69) is 0 Å². The topological polar surface area (TPSA) is 156 Å². The van der Waals surface area contributed by atoms with Gasteiger partial charge in [0.25, 0.3) is 0 Å². The van der Waals surface area contributed by atoms with Crippen LogP contribution >= 0.6 is 0 Å². The summed E-state index contributed by atoms with van der Waals surface area (Å²) in [6.45, 7) is 0.412. The number of rotatable bonds is 6. The quantitative estimate of drug-likeness (QED) is 0.244. The highest BCUT2D eigenvalue weighted by atomic mass is 14.9. The van der Waals surface area contributed by atoms with E-state index in [9.17, 15) is 0 Å². The van der Waals surface area contributed by atoms with E-state index in [4.69, 9.17) is 34.4 Å². The summed E-state index contributed by atoms with van der Waals surface area (Å²) in [6, 6.07) is -0.499. The summed E-state index contributed by atoms with van der Waals surface area (Å²) in [5, 5.41) is 0. The maximum absolute atomic E-state index is 5.77. The lowest BCUT2D eigenvalue weighted by Gasteiger charge is -2.23. The van der Waals surface area contributed by atoms with Gasteiger partial charge in [-0.3, -0.25) is 0 Å². The van der Waals surface area contributed by atoms with E-state index in [1.807, 2.05) is 0 Å². The van der Waals surface area contributed by atoms with Gasteiger partial charge in [0, 0.05) is 24.7 Å². The predicted octanol–water partition coefficient (Wildman–Crippen LogP) is -3.05. The molecule has 0 radical (unpaired) electrons. The molecule has 0 saturated heterocycles. The smallest absolute Gasteiger partial charge is 0.0536 e. The van der Waals surface area contributed by atoms with Gasteiger partial charge in [0.1, 0.15) is 0 Å². The van der Waals surface area contributed by atoms with Crippen LogP contribution in [-0.2, 0) is 0 Å². The molecule has 3 atom stereocenters. The molecule has 0 aromatic carbocycles. The summed E-state index contributed by atoms with van der Waals surface area (Å²) < 4.78 is 0. The molecule has 0 aliphatic rings. The zero-order chi connectivity index (χ0) is 10.4. The van der Waals surface area contributed by atoms with Crippen molar-refractivity contribution >= 4 is 0 Å². The Morgan fingerprint density at radius 3 is 1.62 bits per heavy atom. The third-order valence-electron chi connectivity index (χ3n) is 1.97. The van der Waals surface area contributed by atoms with Crippen LogP contribution in [0.1, 0.15) is 12.8 Å². The van der Waals surface area contributed by atoms with Crippen molar-refractivity contribution in [2.75, 3.05) is 6.54 Å². The highest BCUT2D eigenvalue weighted by Gasteiger charge is 2.17. The molecular weight excluding hydrogens is 168 g/mol. The maximum atomic E-state index is 5.77. The predicted molar refractivity (Wildman–Crippen MR) is 54.4 cm³/mol. The van der Waals surface area contributed by atoms with Crippen molar-refractivity contribution in [3.05, 3.63) is 0 Å². The van der Waals surface area contributed by atoms with Gasteiger partial charge >= 0.3 is 0 Å². The minimum absolute atomic E-state index is 0.102. The Morgan fingerprint density at radius 2 is 1.23 bits per heavy atom. The van der Waals surface area contributed by atoms with E-state index in [0.717, 1.165) is 0 Å². The van der Waals surface area contributed by atoms with Gasteiger partial charge in [-0.2, -0.15) is 0 Å². The minimum atomic E-state index is -0.421. The molecule has 80 valence electrons. The zero-order valence-electron chi connectivity index (χ0n) is 7.89. The second-order valence-corrected chi connectivity index (χ2v) is 3.46. The molecule has 0 saturated carbocycles. The van der Waals surface area contributed by atoms with E-state index >= 15 is 0 Å². The molecule has 0 rings (SSSR count). The molecule has 0 aliphatic carbocycles. The normalized spacial score (nSPS) is 18.7. The van der Waals surface area contributed by atoms with Crippen LogP contribution in [0.25, 0.3) is 0 Å². The summed E-state index contributed by atoms with van der Waals surface area (Å²) in [5.41, 5.74) is 33.2. The molecule has 13 heavy (non-hydrogen) atoms. The Labute approximate surface area is 79.0 Å². The van der Waals surface area contributed by atoms with Crippen molar-refractivity contribution in [2.45, 2.75) is 37.1 Å². The lowest BCUT2D eigenvalue weighted by atomic mass is 9.98. The molecule has 0 aliphatic heterocycles. The molecule has 0 bridgehead atoms. The first-order valence-corrected chi connectivity index (χ1v) is 4.45. The van der Waals surface area contributed by atoms with Gasteiger partial charge < -0.3 is 34.4 Å². The van der Waals surface area contributed by atoms with Crippen LogP contribution in [0.3, 0.4) is 0 Å². The Kier molecular flexibility index (Phi) is 6.13. The van der Waals surface area contributed by atoms with Crippen molar-refractivity contribution < 1.29 is 0 Å². The molecule has 0 aromatic heterocycles. The monoisotopic (exact) mass is 190 g/mol. The van der Waals surface area contributed by atoms with Gasteiger partial charge in [0.05, 0.1) is 6.17 Å². The molecule has 0 fully saturated rings. The van der Waals surface area contributed by atoms with Crippen molar-refractivity contribution in [1.29, 1.82) is 0 Å². The summed E-state index contributed by atoms with van der Waals surface area (Å²) in [7, 11) is 0. The van der Waals surface area contributed by atoms with Crippen molar-refractivity contribution in [3.63, 3.8) is 0 Å². The Morgan fingerprint density at radius 1 is 0.769 bits per heavy atom. The lowest BCUT2D eigenvalue weighted by molar-refractivity contribution is 0.412. The van der Waals surface area contributed by atoms with E-state index in [1.165, 1.54) is 0 Å². The fourth-order valence-electron chi connectivity index (χ4n) is 1.11. The Hall–Kier alpha value is -0.240. The third-order valence-corrected chi connectivity index (χ3v) is 1.97. The molecule has 0 heterocycles. The van der Waals surface area contributed by atoms with Gasteiger partial charge in [0.15, 0.2) is 0 Å². The van der Waals surface area contributed by atoms with Gasteiger partial charge in [-0.15, -0.1) is 0 Å². The zero-order valence-corrected chi connectivity index (χ0v) is 7.89. The molecule has 12 N–H and O–H groups in total. The van der Waals surface area contributed by atoms with Crippen LogP contribution in [0.15, 0.2) is 0 Å². The molecule has 0 aromatic rings. The fraction of sp³-hybridized carbons (Fsp3) is 1.00. The second kappa shape index (κ2) is 6.25. The number of hydrogen-bond donors (Lipinski definition) is 6. The van der Waals surface area contributed by atoms with E-state index in [1.54, 1.807) is 0 Å². The standard InChI is InChI=1S/C7H22N6/c8-3-4(9)1-5(10)6(11)2-7(12)13/h4-7H,1-3,8-13H2. The van der Waals surface area contributed by atoms with E-state index < -0.39 is 6.17 Å². The Balaban J connectivity index is 3.74. The first kappa shape index (κ1) is 12.8. The van der Waals surface area contributed by atoms with Crippen LogP contribution in [0.2, 0.25) is 0 Å². The minimum Gasteiger partial charge on any atom is -0.329 e. The SMILES string of the molecule is NCC(N)CC(N)C(N)CC(N)N. The lowest BCUT2D eigenvalue weighted by Crippen LogP contribution is -2.50. The highest BCUT2D eigenvalue weighted by molar-refractivity contribution is 4.82. The van der Waals surface area contributed by atoms with Crippen LogP contribution in [0, 0.1) is 0 Å². The first-order valence-electron chi connectivity index (χ1n) is 4.45. The van der Waals surface area contributed by atoms with Crippen LogP contribution in [0.5, 0.6) is 0 Å². The molecule has 3 unspecified atom stereocenters. The molecule has 6 nitrogen and oxygen atoms in total. The van der Waals surface area contributed by atoms with Gasteiger partial charge in [-0.25, -0.2) is 0 Å². The molecule has 0 spiro atoms. The largest absolute Gasteiger partial charge is 0.329 e. The van der Waals surface area contributed by atoms with E-state index in [0.29, 0.717) is 19.4 Å². The summed E-state index contributed by atoms with van der Waals surface area (Å²) in [6.07, 6.45) is 0.679. The number of hydrogen-bond acceptors (Lipinski definition) is 6. The molecular formula is C7H22N6. The fourth-order valence-corrected chi connectivity index (χ4v) is 1.11. The van der Waals surface area contributed by atoms with Crippen LogP contribution in [-0.4, -0.2) is 30.8 Å². The molecule has 6 heteroatoms. The number of nitrogens with two attached hydrogens (primary N) is 6. The van der Waals surface area contributed by atoms with Gasteiger partial charge in [0.2, 0.25) is 0 Å². The third kappa shape index (κ3) is 5.92. The summed E-state index contributed by atoms with van der Waals surface area (Å²) >= 11 is 0. The second-order valence-electron chi connectivity index (χ2n) is 3.46. The maximum Gasteiger partial charge on any atom is 0.0536 e. The van der Waals surface area contributed by atoms with Gasteiger partial charge in [-0.05, 0) is 12.8 Å². The van der Waals surface area contributed by atoms with Gasteiger partial charge in [-0.1, -0.05) is 0 Å². The first-order chi connectivity index (χ1) is 5.97. The van der Waals surface area contributed by atoms with Crippen molar-refractivity contribution in [2.24, 2.45) is 34.4 Å². The Bertz CT molecular complexity index is 128. The highest BCUT2D eigenvalue weighted by Crippen LogP contribution is 2.00. The average Bonchev–Trinajstić information content (AvgIpc) is 2.02. The molecule has 0 amide bonds. The summed E-state index contributed by atoms with van der Waals surface area (Å²) in [4.78, 5) is 0. The van der Waals surface area contributed by atoms with Crippen molar-refractivity contribution in [1.82, 2.24) is 0 Å². The van der Waals surface area contributed by atoms with Crippen molar-refractivity contribution in [3.8, 4) is 0 Å². The summed E-state index contributed by atoms with van der Waals surface area (Å²) in [5.74, 6) is 0. The van der Waals surface area contributed by atoms with Crippen LogP contribution < -0.4 is 34.4 Å². The van der Waals surface area contributed by atoms with Crippen LogP contribution in [0.4, 0.5) is 0 Å².